The highest BCUT2D eigenvalue weighted by molar-refractivity contribution is 6.74. The van der Waals surface area contributed by atoms with E-state index >= 15 is 0 Å². The van der Waals surface area contributed by atoms with Crippen LogP contribution in [0.1, 0.15) is 20.8 Å². The largest absolute Gasteiger partial charge is 0.412 e. The number of halogens is 3. The van der Waals surface area contributed by atoms with Crippen molar-refractivity contribution in [3.05, 3.63) is 0 Å². The van der Waals surface area contributed by atoms with E-state index in [0.29, 0.717) is 0 Å². The van der Waals surface area contributed by atoms with Gasteiger partial charge in [0.15, 0.2) is 8.32 Å². The minimum atomic E-state index is -1.77. The van der Waals surface area contributed by atoms with Gasteiger partial charge in [-0.15, -0.1) is 0 Å². The van der Waals surface area contributed by atoms with Crippen molar-refractivity contribution in [2.75, 3.05) is 6.61 Å². The molecule has 80 valence electrons. The second-order valence-electron chi connectivity index (χ2n) is 4.66. The Labute approximate surface area is 96.8 Å². The Balaban J connectivity index is 4.21. The third-order valence-electron chi connectivity index (χ3n) is 2.40. The minimum absolute atomic E-state index is 0.156. The fourth-order valence-corrected chi connectivity index (χ4v) is 1.93. The Morgan fingerprint density at radius 2 is 1.46 bits per heavy atom. The van der Waals surface area contributed by atoms with E-state index in [4.69, 9.17) is 39.2 Å². The molecule has 0 heterocycles. The summed E-state index contributed by atoms with van der Waals surface area (Å²) >= 11 is 16.9. The highest BCUT2D eigenvalue weighted by Gasteiger charge is 2.38. The van der Waals surface area contributed by atoms with Crippen molar-refractivity contribution in [3.8, 4) is 0 Å². The summed E-state index contributed by atoms with van der Waals surface area (Å²) in [6.07, 6.45) is 0. The van der Waals surface area contributed by atoms with Gasteiger partial charge < -0.3 is 4.43 Å². The minimum Gasteiger partial charge on any atom is -0.412 e. The van der Waals surface area contributed by atoms with Gasteiger partial charge in [-0.2, -0.15) is 0 Å². The van der Waals surface area contributed by atoms with Crippen molar-refractivity contribution < 1.29 is 4.43 Å². The van der Waals surface area contributed by atoms with Crippen molar-refractivity contribution in [1.29, 1.82) is 0 Å². The zero-order valence-corrected chi connectivity index (χ0v) is 12.0. The maximum atomic E-state index is 5.70. The molecule has 5 heteroatoms. The molecule has 1 nitrogen and oxygen atoms in total. The molecular weight excluding hydrogens is 247 g/mol. The number of rotatable bonds is 2. The summed E-state index contributed by atoms with van der Waals surface area (Å²) in [4.78, 5) is 0. The Hall–Kier alpha value is 1.05. The summed E-state index contributed by atoms with van der Waals surface area (Å²) < 4.78 is 4.41. The lowest BCUT2D eigenvalue weighted by Crippen LogP contribution is -2.42. The lowest BCUT2D eigenvalue weighted by molar-refractivity contribution is 0.295. The average molecular weight is 264 g/mol. The molecule has 0 aromatic rings. The third kappa shape index (κ3) is 5.48. The highest BCUT2D eigenvalue weighted by atomic mass is 35.6. The van der Waals surface area contributed by atoms with E-state index < -0.39 is 12.1 Å². The van der Waals surface area contributed by atoms with Gasteiger partial charge in [-0.05, 0) is 18.1 Å². The molecule has 0 saturated carbocycles. The first-order valence-corrected chi connectivity index (χ1v) is 8.21. The maximum absolute atomic E-state index is 5.70. The second-order valence-corrected chi connectivity index (χ2v) is 12.0. The van der Waals surface area contributed by atoms with Crippen molar-refractivity contribution in [1.82, 2.24) is 0 Å². The zero-order chi connectivity index (χ0) is 10.9. The van der Waals surface area contributed by atoms with Crippen LogP contribution in [0.5, 0.6) is 0 Å². The molecule has 0 saturated heterocycles. The fourth-order valence-electron chi connectivity index (χ4n) is 0.479. The van der Waals surface area contributed by atoms with Gasteiger partial charge >= 0.3 is 0 Å². The van der Waals surface area contributed by atoms with Crippen molar-refractivity contribution in [3.63, 3.8) is 0 Å². The molecule has 0 N–H and O–H groups in total. The quantitative estimate of drug-likeness (QED) is 0.531. The topological polar surface area (TPSA) is 9.23 Å². The molecule has 13 heavy (non-hydrogen) atoms. The standard InChI is InChI=1S/C8H17Cl3OSi/c1-7(2,3)13(4,5)12-6-8(9,10)11/h6H2,1-5H3. The molecule has 0 spiro atoms. The summed E-state index contributed by atoms with van der Waals surface area (Å²) in [5.41, 5.74) is 0. The van der Waals surface area contributed by atoms with Gasteiger partial charge in [0.25, 0.3) is 0 Å². The maximum Gasteiger partial charge on any atom is 0.212 e. The van der Waals surface area contributed by atoms with E-state index in [9.17, 15) is 0 Å². The van der Waals surface area contributed by atoms with Crippen LogP contribution in [0.15, 0.2) is 0 Å². The number of hydrogen-bond acceptors (Lipinski definition) is 1. The van der Waals surface area contributed by atoms with Crippen molar-refractivity contribution in [2.45, 2.75) is 42.7 Å². The van der Waals surface area contributed by atoms with Crippen LogP contribution >= 0.6 is 34.8 Å². The van der Waals surface area contributed by atoms with Gasteiger partial charge in [-0.3, -0.25) is 0 Å². The summed E-state index contributed by atoms with van der Waals surface area (Å²) in [7, 11) is -1.77. The van der Waals surface area contributed by atoms with E-state index in [1.807, 2.05) is 0 Å². The van der Waals surface area contributed by atoms with Crippen LogP contribution in [-0.4, -0.2) is 18.7 Å². The number of alkyl halides is 3. The molecule has 0 atom stereocenters. The Morgan fingerprint density at radius 3 is 1.69 bits per heavy atom. The van der Waals surface area contributed by atoms with Crippen LogP contribution in [0.3, 0.4) is 0 Å². The van der Waals surface area contributed by atoms with Crippen LogP contribution < -0.4 is 0 Å². The van der Waals surface area contributed by atoms with Gasteiger partial charge in [-0.25, -0.2) is 0 Å². The van der Waals surface area contributed by atoms with Crippen LogP contribution in [-0.2, 0) is 4.43 Å². The molecule has 0 aliphatic rings. The first-order valence-electron chi connectivity index (χ1n) is 4.16. The molecular formula is C8H17Cl3OSi. The summed E-state index contributed by atoms with van der Waals surface area (Å²) in [6, 6.07) is 0. The fraction of sp³-hybridized carbons (Fsp3) is 1.00. The lowest BCUT2D eigenvalue weighted by atomic mass is 10.2. The first kappa shape index (κ1) is 14.0. The molecule has 0 fully saturated rings. The molecule has 0 rings (SSSR count). The van der Waals surface area contributed by atoms with Crippen molar-refractivity contribution >= 4 is 43.1 Å². The van der Waals surface area contributed by atoms with Gasteiger partial charge in [-0.1, -0.05) is 55.6 Å². The molecule has 0 amide bonds. The van der Waals surface area contributed by atoms with Crippen LogP contribution in [0, 0.1) is 0 Å². The second kappa shape index (κ2) is 4.27. The van der Waals surface area contributed by atoms with E-state index in [1.54, 1.807) is 0 Å². The summed E-state index contributed by atoms with van der Waals surface area (Å²) in [6.45, 7) is 10.9. The van der Waals surface area contributed by atoms with E-state index in [0.717, 1.165) is 0 Å². The van der Waals surface area contributed by atoms with Gasteiger partial charge in [0.1, 0.15) is 0 Å². The van der Waals surface area contributed by atoms with Gasteiger partial charge in [0, 0.05) is 0 Å². The first-order chi connectivity index (χ1) is 5.46. The zero-order valence-electron chi connectivity index (χ0n) is 8.75. The average Bonchev–Trinajstić information content (AvgIpc) is 1.79. The van der Waals surface area contributed by atoms with E-state index in [-0.39, 0.29) is 11.6 Å². The predicted molar refractivity (Wildman–Crippen MR) is 63.4 cm³/mol. The molecule has 0 aliphatic heterocycles. The van der Waals surface area contributed by atoms with E-state index in [1.165, 1.54) is 0 Å². The predicted octanol–water partition coefficient (Wildman–Crippen LogP) is 4.38. The lowest BCUT2D eigenvalue weighted by Gasteiger charge is -2.37. The molecule has 0 aromatic heterocycles. The molecule has 0 bridgehead atoms. The van der Waals surface area contributed by atoms with Gasteiger partial charge in [0.05, 0.1) is 6.61 Å². The monoisotopic (exact) mass is 262 g/mol. The Morgan fingerprint density at radius 1 is 1.08 bits per heavy atom. The normalized spacial score (nSPS) is 14.8. The van der Waals surface area contributed by atoms with Gasteiger partial charge in [0.2, 0.25) is 3.79 Å². The highest BCUT2D eigenvalue weighted by Crippen LogP contribution is 2.38. The smallest absolute Gasteiger partial charge is 0.212 e. The molecule has 0 unspecified atom stereocenters. The molecule has 0 aliphatic carbocycles. The molecule has 0 aromatic carbocycles. The summed E-state index contributed by atoms with van der Waals surface area (Å²) in [5, 5.41) is 0.156. The van der Waals surface area contributed by atoms with Crippen LogP contribution in [0.4, 0.5) is 0 Å². The molecule has 0 radical (unpaired) electrons. The Kier molecular flexibility index (Phi) is 4.62. The Bertz CT molecular complexity index is 169. The summed E-state index contributed by atoms with van der Waals surface area (Å²) in [5.74, 6) is 0. The van der Waals surface area contributed by atoms with E-state index in [2.05, 4.69) is 33.9 Å². The SMILES string of the molecule is CC(C)(C)[Si](C)(C)OCC(Cl)(Cl)Cl. The third-order valence-corrected chi connectivity index (χ3v) is 7.21. The van der Waals surface area contributed by atoms with Crippen LogP contribution in [0.25, 0.3) is 0 Å². The van der Waals surface area contributed by atoms with Crippen molar-refractivity contribution in [2.24, 2.45) is 0 Å². The van der Waals surface area contributed by atoms with Crippen LogP contribution in [0.2, 0.25) is 18.1 Å². The number of hydrogen-bond donors (Lipinski definition) is 0.